The standard InChI is InChI=1S/C23H23N3O4/c27-19-10-9-17(18(14-19)11-13-25-21-8-4-5-12-24-21)15-20(23(29)30)26-22(28)16-6-2-1-3-7-16/h1-10,12,14,20,27H,11,13,15H2,(H,24,25)(H,26,28)(H,29,30)/t20-/m0/s1. The van der Waals surface area contributed by atoms with Crippen LogP contribution in [0.5, 0.6) is 5.75 Å². The van der Waals surface area contributed by atoms with Crippen molar-refractivity contribution in [2.75, 3.05) is 11.9 Å². The molecule has 1 heterocycles. The second kappa shape index (κ2) is 10.1. The molecule has 7 heteroatoms. The maximum atomic E-state index is 12.4. The van der Waals surface area contributed by atoms with E-state index in [1.165, 1.54) is 6.07 Å². The van der Waals surface area contributed by atoms with Crippen molar-refractivity contribution in [2.24, 2.45) is 0 Å². The summed E-state index contributed by atoms with van der Waals surface area (Å²) in [4.78, 5) is 28.3. The van der Waals surface area contributed by atoms with Gasteiger partial charge in [0.15, 0.2) is 0 Å². The Hall–Kier alpha value is -3.87. The summed E-state index contributed by atoms with van der Waals surface area (Å²) in [6.45, 7) is 0.557. The first kappa shape index (κ1) is 20.9. The molecule has 30 heavy (non-hydrogen) atoms. The van der Waals surface area contributed by atoms with Crippen molar-refractivity contribution >= 4 is 17.7 Å². The number of carbonyl (C=O) groups is 2. The molecule has 1 aromatic heterocycles. The van der Waals surface area contributed by atoms with E-state index < -0.39 is 17.9 Å². The Balaban J connectivity index is 1.70. The zero-order valence-electron chi connectivity index (χ0n) is 16.3. The molecule has 4 N–H and O–H groups in total. The number of aromatic hydroxyl groups is 1. The fourth-order valence-corrected chi connectivity index (χ4v) is 3.09. The fraction of sp³-hybridized carbons (Fsp3) is 0.174. The summed E-state index contributed by atoms with van der Waals surface area (Å²) in [7, 11) is 0. The normalized spacial score (nSPS) is 11.5. The van der Waals surface area contributed by atoms with Crippen LogP contribution in [0.3, 0.4) is 0 Å². The molecule has 2 aromatic carbocycles. The highest BCUT2D eigenvalue weighted by atomic mass is 16.4. The molecule has 0 aliphatic rings. The first-order chi connectivity index (χ1) is 14.5. The van der Waals surface area contributed by atoms with Gasteiger partial charge in [-0.25, -0.2) is 9.78 Å². The van der Waals surface area contributed by atoms with Gasteiger partial charge in [0.1, 0.15) is 17.6 Å². The Morgan fingerprint density at radius 1 is 0.967 bits per heavy atom. The van der Waals surface area contributed by atoms with Crippen molar-refractivity contribution in [2.45, 2.75) is 18.9 Å². The molecule has 1 atom stereocenters. The maximum absolute atomic E-state index is 12.4. The number of benzene rings is 2. The number of anilines is 1. The molecule has 1 amide bonds. The van der Waals surface area contributed by atoms with Crippen molar-refractivity contribution in [3.63, 3.8) is 0 Å². The SMILES string of the molecule is O=C(N[C@@H](Cc1ccc(O)cc1CCNc1ccccn1)C(=O)O)c1ccccc1. The van der Waals surface area contributed by atoms with Gasteiger partial charge in [0.05, 0.1) is 0 Å². The summed E-state index contributed by atoms with van der Waals surface area (Å²) in [6.07, 6.45) is 2.35. The van der Waals surface area contributed by atoms with E-state index in [2.05, 4.69) is 15.6 Å². The van der Waals surface area contributed by atoms with Gasteiger partial charge in [0.2, 0.25) is 0 Å². The summed E-state index contributed by atoms with van der Waals surface area (Å²) in [5.74, 6) is -0.727. The number of carboxylic acid groups (broad SMARTS) is 1. The van der Waals surface area contributed by atoms with Crippen LogP contribution in [0.2, 0.25) is 0 Å². The number of nitrogens with one attached hydrogen (secondary N) is 2. The molecule has 154 valence electrons. The van der Waals surface area contributed by atoms with E-state index in [1.54, 1.807) is 48.7 Å². The molecule has 0 radical (unpaired) electrons. The number of aliphatic carboxylic acids is 1. The largest absolute Gasteiger partial charge is 0.508 e. The first-order valence-corrected chi connectivity index (χ1v) is 9.57. The van der Waals surface area contributed by atoms with E-state index in [9.17, 15) is 19.8 Å². The van der Waals surface area contributed by atoms with E-state index in [1.807, 2.05) is 18.2 Å². The van der Waals surface area contributed by atoms with Crippen LogP contribution in [0.15, 0.2) is 72.9 Å². The Morgan fingerprint density at radius 2 is 1.73 bits per heavy atom. The van der Waals surface area contributed by atoms with Crippen LogP contribution in [0.1, 0.15) is 21.5 Å². The van der Waals surface area contributed by atoms with Gasteiger partial charge in [0, 0.05) is 24.7 Å². The average molecular weight is 405 g/mol. The summed E-state index contributed by atoms with van der Waals surface area (Å²) in [5, 5.41) is 25.3. The number of rotatable bonds is 9. The lowest BCUT2D eigenvalue weighted by molar-refractivity contribution is -0.139. The van der Waals surface area contributed by atoms with E-state index in [4.69, 9.17) is 0 Å². The molecular formula is C23H23N3O4. The van der Waals surface area contributed by atoms with E-state index in [0.29, 0.717) is 18.5 Å². The zero-order valence-corrected chi connectivity index (χ0v) is 16.3. The Labute approximate surface area is 174 Å². The van der Waals surface area contributed by atoms with Crippen molar-refractivity contribution in [1.82, 2.24) is 10.3 Å². The number of hydrogen-bond acceptors (Lipinski definition) is 5. The third-order valence-electron chi connectivity index (χ3n) is 4.62. The first-order valence-electron chi connectivity index (χ1n) is 9.57. The maximum Gasteiger partial charge on any atom is 0.326 e. The minimum atomic E-state index is -1.12. The van der Waals surface area contributed by atoms with Gasteiger partial charge in [-0.1, -0.05) is 30.3 Å². The van der Waals surface area contributed by atoms with Crippen LogP contribution < -0.4 is 10.6 Å². The van der Waals surface area contributed by atoms with Crippen LogP contribution in [0.25, 0.3) is 0 Å². The van der Waals surface area contributed by atoms with Crippen molar-refractivity contribution in [3.05, 3.63) is 89.6 Å². The minimum absolute atomic E-state index is 0.104. The molecule has 0 saturated carbocycles. The molecule has 0 bridgehead atoms. The summed E-state index contributed by atoms with van der Waals surface area (Å²) in [5.41, 5.74) is 1.95. The second-order valence-corrected chi connectivity index (χ2v) is 6.78. The van der Waals surface area contributed by atoms with Gasteiger partial charge < -0.3 is 20.8 Å². The lowest BCUT2D eigenvalue weighted by atomic mass is 9.97. The van der Waals surface area contributed by atoms with Gasteiger partial charge in [0.25, 0.3) is 5.91 Å². The molecule has 0 spiro atoms. The van der Waals surface area contributed by atoms with Gasteiger partial charge in [-0.2, -0.15) is 0 Å². The highest BCUT2D eigenvalue weighted by molar-refractivity contribution is 5.96. The zero-order chi connectivity index (χ0) is 21.3. The molecular weight excluding hydrogens is 382 g/mol. The monoisotopic (exact) mass is 405 g/mol. The second-order valence-electron chi connectivity index (χ2n) is 6.78. The van der Waals surface area contributed by atoms with Gasteiger partial charge in [-0.3, -0.25) is 4.79 Å². The fourth-order valence-electron chi connectivity index (χ4n) is 3.09. The molecule has 0 aliphatic carbocycles. The Kier molecular flexibility index (Phi) is 7.00. The highest BCUT2D eigenvalue weighted by Gasteiger charge is 2.22. The number of nitrogens with zero attached hydrogens (tertiary/aromatic N) is 1. The van der Waals surface area contributed by atoms with E-state index in [-0.39, 0.29) is 12.2 Å². The lowest BCUT2D eigenvalue weighted by Gasteiger charge is -2.17. The third kappa shape index (κ3) is 5.81. The van der Waals surface area contributed by atoms with Crippen molar-refractivity contribution in [3.8, 4) is 5.75 Å². The molecule has 0 fully saturated rings. The number of carboxylic acids is 1. The van der Waals surface area contributed by atoms with Crippen LogP contribution >= 0.6 is 0 Å². The number of amides is 1. The topological polar surface area (TPSA) is 112 Å². The molecule has 0 unspecified atom stereocenters. The average Bonchev–Trinajstić information content (AvgIpc) is 2.76. The Bertz CT molecular complexity index is 994. The van der Waals surface area contributed by atoms with Gasteiger partial charge in [-0.15, -0.1) is 0 Å². The number of aromatic nitrogens is 1. The number of pyridine rings is 1. The number of phenolic OH excluding ortho intramolecular Hbond substituents is 1. The van der Waals surface area contributed by atoms with Gasteiger partial charge in [-0.05, 0) is 53.9 Å². The van der Waals surface area contributed by atoms with Crippen LogP contribution in [0, 0.1) is 0 Å². The summed E-state index contributed by atoms with van der Waals surface area (Å²) >= 11 is 0. The van der Waals surface area contributed by atoms with Crippen LogP contribution in [0.4, 0.5) is 5.82 Å². The summed E-state index contributed by atoms with van der Waals surface area (Å²) in [6, 6.07) is 17.8. The molecule has 7 nitrogen and oxygen atoms in total. The number of carbonyl (C=O) groups excluding carboxylic acids is 1. The molecule has 0 aliphatic heterocycles. The van der Waals surface area contributed by atoms with Crippen LogP contribution in [-0.2, 0) is 17.6 Å². The van der Waals surface area contributed by atoms with E-state index >= 15 is 0 Å². The lowest BCUT2D eigenvalue weighted by Crippen LogP contribution is -2.42. The number of phenols is 1. The molecule has 0 saturated heterocycles. The van der Waals surface area contributed by atoms with E-state index in [0.717, 1.165) is 16.9 Å². The number of hydrogen-bond donors (Lipinski definition) is 4. The summed E-state index contributed by atoms with van der Waals surface area (Å²) < 4.78 is 0. The minimum Gasteiger partial charge on any atom is -0.508 e. The van der Waals surface area contributed by atoms with Crippen molar-refractivity contribution in [1.29, 1.82) is 0 Å². The smallest absolute Gasteiger partial charge is 0.326 e. The van der Waals surface area contributed by atoms with Gasteiger partial charge >= 0.3 is 5.97 Å². The predicted octanol–water partition coefficient (Wildman–Crippen LogP) is 2.87. The van der Waals surface area contributed by atoms with Crippen LogP contribution in [-0.4, -0.2) is 39.7 Å². The Morgan fingerprint density at radius 3 is 2.43 bits per heavy atom. The third-order valence-corrected chi connectivity index (χ3v) is 4.62. The van der Waals surface area contributed by atoms with Crippen molar-refractivity contribution < 1.29 is 19.8 Å². The molecule has 3 aromatic rings. The quantitative estimate of drug-likeness (QED) is 0.436. The molecule has 3 rings (SSSR count). The highest BCUT2D eigenvalue weighted by Crippen LogP contribution is 2.19. The predicted molar refractivity (Wildman–Crippen MR) is 114 cm³/mol.